The molecular formula is C23H37NO3. The van der Waals surface area contributed by atoms with E-state index in [2.05, 4.69) is 60.8 Å². The zero-order chi connectivity index (χ0) is 20.2. The summed E-state index contributed by atoms with van der Waals surface area (Å²) in [6.07, 6.45) is 27.2. The molecule has 1 amide bonds. The highest BCUT2D eigenvalue weighted by atomic mass is 16.4. The number of unbranched alkanes of at least 4 members (excludes halogenated alkanes) is 4. The van der Waals surface area contributed by atoms with Crippen molar-refractivity contribution in [3.63, 3.8) is 0 Å². The number of carbonyl (C=O) groups is 2. The summed E-state index contributed by atoms with van der Waals surface area (Å²) in [6, 6.07) is -0.825. The number of carboxylic acid groups (broad SMARTS) is 1. The molecule has 0 aliphatic heterocycles. The Labute approximate surface area is 165 Å². The van der Waals surface area contributed by atoms with Gasteiger partial charge in [0, 0.05) is 6.42 Å². The second-order valence-electron chi connectivity index (χ2n) is 6.61. The zero-order valence-electron chi connectivity index (χ0n) is 17.0. The van der Waals surface area contributed by atoms with Crippen LogP contribution in [-0.4, -0.2) is 23.0 Å². The second kappa shape index (κ2) is 18.7. The van der Waals surface area contributed by atoms with Crippen LogP contribution >= 0.6 is 0 Å². The van der Waals surface area contributed by atoms with Crippen LogP contribution in [0.15, 0.2) is 48.6 Å². The molecule has 4 heteroatoms. The van der Waals surface area contributed by atoms with Crippen molar-refractivity contribution in [3.05, 3.63) is 48.6 Å². The van der Waals surface area contributed by atoms with E-state index in [1.165, 1.54) is 32.6 Å². The monoisotopic (exact) mass is 375 g/mol. The number of rotatable bonds is 16. The van der Waals surface area contributed by atoms with Gasteiger partial charge in [-0.05, 0) is 51.9 Å². The Morgan fingerprint density at radius 1 is 0.815 bits per heavy atom. The highest BCUT2D eigenvalue weighted by Gasteiger charge is 2.12. The van der Waals surface area contributed by atoms with Gasteiger partial charge in [-0.25, -0.2) is 0 Å². The van der Waals surface area contributed by atoms with Crippen molar-refractivity contribution in [2.24, 2.45) is 0 Å². The van der Waals surface area contributed by atoms with Gasteiger partial charge in [-0.1, -0.05) is 68.4 Å². The maximum Gasteiger partial charge on any atom is 0.325 e. The average Bonchev–Trinajstić information content (AvgIpc) is 2.64. The zero-order valence-corrected chi connectivity index (χ0v) is 17.0. The quantitative estimate of drug-likeness (QED) is 0.268. The number of hydrogen-bond acceptors (Lipinski definition) is 2. The number of nitrogens with one attached hydrogen (secondary N) is 1. The summed E-state index contributed by atoms with van der Waals surface area (Å²) < 4.78 is 0. The maximum atomic E-state index is 11.5. The molecule has 0 aromatic rings. The van der Waals surface area contributed by atoms with Gasteiger partial charge >= 0.3 is 5.97 Å². The molecule has 0 unspecified atom stereocenters. The first kappa shape index (κ1) is 24.9. The lowest BCUT2D eigenvalue weighted by Crippen LogP contribution is -2.38. The molecule has 2 N–H and O–H groups in total. The summed E-state index contributed by atoms with van der Waals surface area (Å²) >= 11 is 0. The predicted molar refractivity (Wildman–Crippen MR) is 114 cm³/mol. The maximum absolute atomic E-state index is 11.5. The number of aliphatic carboxylic acids is 1. The van der Waals surface area contributed by atoms with Gasteiger partial charge in [-0.15, -0.1) is 0 Å². The third-order valence-corrected chi connectivity index (χ3v) is 3.98. The van der Waals surface area contributed by atoms with Crippen LogP contribution in [0.25, 0.3) is 0 Å². The Hall–Kier alpha value is -2.10. The molecule has 0 saturated carbocycles. The van der Waals surface area contributed by atoms with E-state index in [-0.39, 0.29) is 5.91 Å². The van der Waals surface area contributed by atoms with E-state index in [9.17, 15) is 9.59 Å². The van der Waals surface area contributed by atoms with Crippen molar-refractivity contribution in [1.82, 2.24) is 5.32 Å². The molecule has 1 atom stereocenters. The first-order chi connectivity index (χ1) is 13.1. The molecule has 0 heterocycles. The van der Waals surface area contributed by atoms with Gasteiger partial charge in [0.25, 0.3) is 0 Å². The van der Waals surface area contributed by atoms with Crippen LogP contribution in [0, 0.1) is 0 Å². The van der Waals surface area contributed by atoms with Crippen LogP contribution in [0.3, 0.4) is 0 Å². The largest absolute Gasteiger partial charge is 0.480 e. The molecule has 27 heavy (non-hydrogen) atoms. The van der Waals surface area contributed by atoms with E-state index < -0.39 is 12.0 Å². The Kier molecular flexibility index (Phi) is 17.2. The Morgan fingerprint density at radius 3 is 1.78 bits per heavy atom. The molecule has 0 radical (unpaired) electrons. The Morgan fingerprint density at radius 2 is 1.30 bits per heavy atom. The Balaban J connectivity index is 3.56. The van der Waals surface area contributed by atoms with E-state index in [0.29, 0.717) is 6.42 Å². The normalized spacial score (nSPS) is 13.3. The van der Waals surface area contributed by atoms with Gasteiger partial charge < -0.3 is 10.4 Å². The minimum atomic E-state index is -1.01. The molecule has 0 aliphatic carbocycles. The topological polar surface area (TPSA) is 66.4 Å². The summed E-state index contributed by atoms with van der Waals surface area (Å²) in [5.41, 5.74) is 0. The number of amides is 1. The van der Waals surface area contributed by atoms with Crippen molar-refractivity contribution >= 4 is 11.9 Å². The van der Waals surface area contributed by atoms with E-state index >= 15 is 0 Å². The van der Waals surface area contributed by atoms with Crippen molar-refractivity contribution in [2.45, 2.75) is 84.1 Å². The van der Waals surface area contributed by atoms with Gasteiger partial charge in [0.2, 0.25) is 5.91 Å². The standard InChI is InChI=1S/C23H37NO3/c1-3-4-5-6-7-8-9-10-11-12-13-14-15-16-17-18-19-20-22(25)24-21(2)23(26)27/h7-8,10-11,13-14,16-17,21H,3-6,9,12,15,18-20H2,1-2H3,(H,24,25)(H,26,27)/t21-/m1/s1. The minimum Gasteiger partial charge on any atom is -0.480 e. The van der Waals surface area contributed by atoms with Crippen molar-refractivity contribution in [2.75, 3.05) is 0 Å². The molecule has 0 aromatic carbocycles. The molecule has 0 fully saturated rings. The van der Waals surface area contributed by atoms with Crippen LogP contribution in [0.2, 0.25) is 0 Å². The summed E-state index contributed by atoms with van der Waals surface area (Å²) in [5, 5.41) is 11.2. The number of hydrogen-bond donors (Lipinski definition) is 2. The van der Waals surface area contributed by atoms with Gasteiger partial charge in [-0.3, -0.25) is 9.59 Å². The third-order valence-electron chi connectivity index (χ3n) is 3.98. The lowest BCUT2D eigenvalue weighted by molar-refractivity contribution is -0.141. The van der Waals surface area contributed by atoms with E-state index in [0.717, 1.165) is 32.1 Å². The van der Waals surface area contributed by atoms with Crippen LogP contribution in [-0.2, 0) is 9.59 Å². The van der Waals surface area contributed by atoms with Gasteiger partial charge in [-0.2, -0.15) is 0 Å². The van der Waals surface area contributed by atoms with E-state index in [1.807, 2.05) is 0 Å². The van der Waals surface area contributed by atoms with Crippen molar-refractivity contribution < 1.29 is 14.7 Å². The highest BCUT2D eigenvalue weighted by molar-refractivity contribution is 5.83. The van der Waals surface area contributed by atoms with Gasteiger partial charge in [0.15, 0.2) is 0 Å². The van der Waals surface area contributed by atoms with Gasteiger partial charge in [0.1, 0.15) is 6.04 Å². The van der Waals surface area contributed by atoms with E-state index in [1.54, 1.807) is 0 Å². The Bertz CT molecular complexity index is 504. The van der Waals surface area contributed by atoms with Crippen LogP contribution in [0.5, 0.6) is 0 Å². The first-order valence-corrected chi connectivity index (χ1v) is 10.2. The number of carbonyl (C=O) groups excluding carboxylic acids is 1. The molecular weight excluding hydrogens is 338 g/mol. The molecule has 0 aliphatic rings. The first-order valence-electron chi connectivity index (χ1n) is 10.2. The van der Waals surface area contributed by atoms with Crippen LogP contribution in [0.4, 0.5) is 0 Å². The van der Waals surface area contributed by atoms with Crippen molar-refractivity contribution in [1.29, 1.82) is 0 Å². The summed E-state index contributed by atoms with van der Waals surface area (Å²) in [4.78, 5) is 22.1. The summed E-state index contributed by atoms with van der Waals surface area (Å²) in [6.45, 7) is 3.69. The smallest absolute Gasteiger partial charge is 0.325 e. The van der Waals surface area contributed by atoms with Crippen LogP contribution < -0.4 is 5.32 Å². The lowest BCUT2D eigenvalue weighted by Gasteiger charge is -2.08. The molecule has 0 aromatic heterocycles. The predicted octanol–water partition coefficient (Wildman–Crippen LogP) is 5.72. The fourth-order valence-electron chi connectivity index (χ4n) is 2.32. The van der Waals surface area contributed by atoms with E-state index in [4.69, 9.17) is 5.11 Å². The molecule has 0 rings (SSSR count). The number of allylic oxidation sites excluding steroid dienone is 8. The molecule has 152 valence electrons. The van der Waals surface area contributed by atoms with Crippen LogP contribution in [0.1, 0.15) is 78.1 Å². The molecule has 0 saturated heterocycles. The molecule has 4 nitrogen and oxygen atoms in total. The summed E-state index contributed by atoms with van der Waals surface area (Å²) in [5.74, 6) is -1.22. The summed E-state index contributed by atoms with van der Waals surface area (Å²) in [7, 11) is 0. The molecule has 0 bridgehead atoms. The fourth-order valence-corrected chi connectivity index (χ4v) is 2.32. The lowest BCUT2D eigenvalue weighted by atomic mass is 10.2. The second-order valence-corrected chi connectivity index (χ2v) is 6.61. The van der Waals surface area contributed by atoms with Gasteiger partial charge in [0.05, 0.1) is 0 Å². The molecule has 0 spiro atoms. The highest BCUT2D eigenvalue weighted by Crippen LogP contribution is 2.01. The average molecular weight is 376 g/mol. The number of carboxylic acids is 1. The SMILES string of the molecule is CCCCCC=CCC=CCC=CCC=CCCCC(=O)N[C@H](C)C(=O)O. The third kappa shape index (κ3) is 18.5. The van der Waals surface area contributed by atoms with Crippen molar-refractivity contribution in [3.8, 4) is 0 Å². The minimum absolute atomic E-state index is 0.208. The fraction of sp³-hybridized carbons (Fsp3) is 0.565.